The van der Waals surface area contributed by atoms with Gasteiger partial charge in [0.15, 0.2) is 6.61 Å². The van der Waals surface area contributed by atoms with Crippen molar-refractivity contribution < 1.29 is 14.3 Å². The van der Waals surface area contributed by atoms with Gasteiger partial charge in [0.1, 0.15) is 11.8 Å². The van der Waals surface area contributed by atoms with E-state index in [-0.39, 0.29) is 18.4 Å². The monoisotopic (exact) mass is 291 g/mol. The SMILES string of the molecule is CN(C)C(=O)C1CNCCN1C(=O)COc1ccccc1. The van der Waals surface area contributed by atoms with Crippen molar-refractivity contribution in [2.45, 2.75) is 6.04 Å². The first-order chi connectivity index (χ1) is 10.1. The van der Waals surface area contributed by atoms with E-state index in [9.17, 15) is 9.59 Å². The van der Waals surface area contributed by atoms with E-state index < -0.39 is 6.04 Å². The predicted molar refractivity (Wildman–Crippen MR) is 79.0 cm³/mol. The number of rotatable bonds is 4. The molecule has 0 aliphatic carbocycles. The molecule has 0 radical (unpaired) electrons. The van der Waals surface area contributed by atoms with Gasteiger partial charge in [-0.2, -0.15) is 0 Å². The van der Waals surface area contributed by atoms with Gasteiger partial charge in [-0.05, 0) is 12.1 Å². The van der Waals surface area contributed by atoms with Gasteiger partial charge in [0.25, 0.3) is 5.91 Å². The summed E-state index contributed by atoms with van der Waals surface area (Å²) in [6.07, 6.45) is 0. The Hall–Kier alpha value is -2.08. The lowest BCUT2D eigenvalue weighted by atomic mass is 10.1. The van der Waals surface area contributed by atoms with Crippen LogP contribution in [0.15, 0.2) is 30.3 Å². The Morgan fingerprint density at radius 1 is 1.33 bits per heavy atom. The number of piperazine rings is 1. The van der Waals surface area contributed by atoms with Crippen LogP contribution in [0.5, 0.6) is 5.75 Å². The predicted octanol–water partition coefficient (Wildman–Crippen LogP) is -0.0460. The van der Waals surface area contributed by atoms with Crippen LogP contribution in [0.1, 0.15) is 0 Å². The van der Waals surface area contributed by atoms with Crippen LogP contribution in [0.3, 0.4) is 0 Å². The number of nitrogens with one attached hydrogen (secondary N) is 1. The molecule has 1 saturated heterocycles. The molecule has 0 aromatic heterocycles. The lowest BCUT2D eigenvalue weighted by Gasteiger charge is -2.36. The number of nitrogens with zero attached hydrogens (tertiary/aromatic N) is 2. The molecule has 1 aliphatic rings. The average Bonchev–Trinajstić information content (AvgIpc) is 2.52. The molecule has 114 valence electrons. The zero-order chi connectivity index (χ0) is 15.2. The number of benzene rings is 1. The summed E-state index contributed by atoms with van der Waals surface area (Å²) < 4.78 is 5.47. The molecule has 0 spiro atoms. The van der Waals surface area contributed by atoms with Crippen molar-refractivity contribution >= 4 is 11.8 Å². The lowest BCUT2D eigenvalue weighted by Crippen LogP contribution is -2.60. The standard InChI is InChI=1S/C15H21N3O3/c1-17(2)15(20)13-10-16-8-9-18(13)14(19)11-21-12-6-4-3-5-7-12/h3-7,13,16H,8-11H2,1-2H3. The third-order valence-electron chi connectivity index (χ3n) is 3.40. The number of ether oxygens (including phenoxy) is 1. The number of likely N-dealkylation sites (N-methyl/N-ethyl adjacent to an activating group) is 1. The molecule has 1 aromatic carbocycles. The van der Waals surface area contributed by atoms with Crippen LogP contribution in [-0.2, 0) is 9.59 Å². The minimum Gasteiger partial charge on any atom is -0.484 e. The van der Waals surface area contributed by atoms with E-state index in [0.29, 0.717) is 25.4 Å². The fraction of sp³-hybridized carbons (Fsp3) is 0.467. The Labute approximate surface area is 124 Å². The van der Waals surface area contributed by atoms with E-state index in [1.165, 1.54) is 4.90 Å². The number of carbonyl (C=O) groups excluding carboxylic acids is 2. The molecule has 1 unspecified atom stereocenters. The summed E-state index contributed by atoms with van der Waals surface area (Å²) in [6, 6.07) is 8.73. The second-order valence-corrected chi connectivity index (χ2v) is 5.14. The van der Waals surface area contributed by atoms with Gasteiger partial charge < -0.3 is 19.9 Å². The molecular weight excluding hydrogens is 270 g/mol. The molecule has 1 aliphatic heterocycles. The Bertz CT molecular complexity index is 490. The first kappa shape index (κ1) is 15.3. The molecule has 1 aromatic rings. The van der Waals surface area contributed by atoms with Crippen molar-refractivity contribution in [2.75, 3.05) is 40.3 Å². The van der Waals surface area contributed by atoms with E-state index in [2.05, 4.69) is 5.32 Å². The Morgan fingerprint density at radius 3 is 2.71 bits per heavy atom. The van der Waals surface area contributed by atoms with E-state index in [0.717, 1.165) is 0 Å². The van der Waals surface area contributed by atoms with Crippen molar-refractivity contribution in [3.05, 3.63) is 30.3 Å². The smallest absolute Gasteiger partial charge is 0.261 e. The molecule has 1 fully saturated rings. The van der Waals surface area contributed by atoms with E-state index in [1.807, 2.05) is 18.2 Å². The normalized spacial score (nSPS) is 18.2. The first-order valence-electron chi connectivity index (χ1n) is 6.99. The van der Waals surface area contributed by atoms with Crippen molar-refractivity contribution in [1.29, 1.82) is 0 Å². The zero-order valence-electron chi connectivity index (χ0n) is 12.4. The quantitative estimate of drug-likeness (QED) is 0.845. The average molecular weight is 291 g/mol. The Morgan fingerprint density at radius 2 is 2.05 bits per heavy atom. The molecule has 0 bridgehead atoms. The van der Waals surface area contributed by atoms with Gasteiger partial charge in [0.2, 0.25) is 5.91 Å². The van der Waals surface area contributed by atoms with Crippen LogP contribution in [0.2, 0.25) is 0 Å². The van der Waals surface area contributed by atoms with E-state index in [1.54, 1.807) is 31.1 Å². The summed E-state index contributed by atoms with van der Waals surface area (Å²) in [5.74, 6) is 0.410. The highest BCUT2D eigenvalue weighted by molar-refractivity contribution is 5.88. The van der Waals surface area contributed by atoms with Gasteiger partial charge >= 0.3 is 0 Å². The number of amides is 2. The van der Waals surface area contributed by atoms with Crippen LogP contribution in [0, 0.1) is 0 Å². The molecule has 21 heavy (non-hydrogen) atoms. The van der Waals surface area contributed by atoms with Gasteiger partial charge in [-0.3, -0.25) is 9.59 Å². The molecule has 1 heterocycles. The number of carbonyl (C=O) groups is 2. The summed E-state index contributed by atoms with van der Waals surface area (Å²) in [6.45, 7) is 1.63. The number of hydrogen-bond acceptors (Lipinski definition) is 4. The van der Waals surface area contributed by atoms with Gasteiger partial charge in [0.05, 0.1) is 0 Å². The second-order valence-electron chi connectivity index (χ2n) is 5.14. The minimum atomic E-state index is -0.458. The maximum absolute atomic E-state index is 12.3. The Balaban J connectivity index is 1.97. The Kier molecular flexibility index (Phi) is 5.16. The van der Waals surface area contributed by atoms with E-state index in [4.69, 9.17) is 4.74 Å². The zero-order valence-corrected chi connectivity index (χ0v) is 12.4. The fourth-order valence-corrected chi connectivity index (χ4v) is 2.27. The van der Waals surface area contributed by atoms with Crippen LogP contribution in [0.25, 0.3) is 0 Å². The highest BCUT2D eigenvalue weighted by Crippen LogP contribution is 2.10. The maximum atomic E-state index is 12.3. The molecule has 0 saturated carbocycles. The number of para-hydroxylation sites is 1. The summed E-state index contributed by atoms with van der Waals surface area (Å²) in [7, 11) is 3.39. The molecule has 1 atom stereocenters. The fourth-order valence-electron chi connectivity index (χ4n) is 2.27. The number of hydrogen-bond donors (Lipinski definition) is 1. The maximum Gasteiger partial charge on any atom is 0.261 e. The van der Waals surface area contributed by atoms with Gasteiger partial charge in [-0.1, -0.05) is 18.2 Å². The molecular formula is C15H21N3O3. The molecule has 2 amide bonds. The second kappa shape index (κ2) is 7.08. The van der Waals surface area contributed by atoms with Crippen molar-refractivity contribution in [2.24, 2.45) is 0 Å². The third-order valence-corrected chi connectivity index (χ3v) is 3.40. The van der Waals surface area contributed by atoms with Gasteiger partial charge in [-0.25, -0.2) is 0 Å². The third kappa shape index (κ3) is 3.95. The van der Waals surface area contributed by atoms with Crippen LogP contribution >= 0.6 is 0 Å². The molecule has 6 heteroatoms. The highest BCUT2D eigenvalue weighted by atomic mass is 16.5. The summed E-state index contributed by atoms with van der Waals surface area (Å²) in [4.78, 5) is 27.6. The first-order valence-corrected chi connectivity index (χ1v) is 6.99. The van der Waals surface area contributed by atoms with Crippen molar-refractivity contribution in [3.63, 3.8) is 0 Å². The van der Waals surface area contributed by atoms with Crippen LogP contribution < -0.4 is 10.1 Å². The summed E-state index contributed by atoms with van der Waals surface area (Å²) in [5.41, 5.74) is 0. The topological polar surface area (TPSA) is 61.9 Å². The summed E-state index contributed by atoms with van der Waals surface area (Å²) in [5, 5.41) is 3.15. The van der Waals surface area contributed by atoms with Crippen molar-refractivity contribution in [3.8, 4) is 5.75 Å². The van der Waals surface area contributed by atoms with E-state index >= 15 is 0 Å². The van der Waals surface area contributed by atoms with Gasteiger partial charge in [0, 0.05) is 33.7 Å². The lowest BCUT2D eigenvalue weighted by molar-refractivity contribution is -0.146. The van der Waals surface area contributed by atoms with Crippen LogP contribution in [0.4, 0.5) is 0 Å². The van der Waals surface area contributed by atoms with Gasteiger partial charge in [-0.15, -0.1) is 0 Å². The molecule has 2 rings (SSSR count). The van der Waals surface area contributed by atoms with Crippen molar-refractivity contribution in [1.82, 2.24) is 15.1 Å². The largest absolute Gasteiger partial charge is 0.484 e. The highest BCUT2D eigenvalue weighted by Gasteiger charge is 2.32. The van der Waals surface area contributed by atoms with Crippen LogP contribution in [-0.4, -0.2) is 68.0 Å². The molecule has 1 N–H and O–H groups in total. The minimum absolute atomic E-state index is 0.0543. The molecule has 6 nitrogen and oxygen atoms in total. The summed E-state index contributed by atoms with van der Waals surface area (Å²) >= 11 is 0.